The largest absolute Gasteiger partial charge is 0.495 e. The summed E-state index contributed by atoms with van der Waals surface area (Å²) in [5.41, 5.74) is 0.670. The van der Waals surface area contributed by atoms with Gasteiger partial charge in [0.05, 0.1) is 53.8 Å². The molecule has 0 unspecified atom stereocenters. The van der Waals surface area contributed by atoms with Gasteiger partial charge in [0.25, 0.3) is 5.91 Å². The summed E-state index contributed by atoms with van der Waals surface area (Å²) < 4.78 is 86.6. The summed E-state index contributed by atoms with van der Waals surface area (Å²) in [5, 5.41) is 8.68. The number of likely N-dealkylation sites (tertiary alicyclic amines) is 1. The Morgan fingerprint density at radius 2 is 1.98 bits per heavy atom. The molecule has 1 aromatic carbocycles. The first-order valence-corrected chi connectivity index (χ1v) is 15.7. The van der Waals surface area contributed by atoms with Crippen LogP contribution < -0.4 is 20.7 Å². The zero-order valence-electron chi connectivity index (χ0n) is 25.2. The third-order valence-corrected chi connectivity index (χ3v) is 8.20. The van der Waals surface area contributed by atoms with Crippen LogP contribution in [-0.4, -0.2) is 87.0 Å². The lowest BCUT2D eigenvalue weighted by Crippen LogP contribution is -2.46. The predicted octanol–water partition coefficient (Wildman–Crippen LogP) is 4.28. The van der Waals surface area contributed by atoms with E-state index in [0.717, 1.165) is 6.26 Å². The number of alkyl halides is 4. The molecule has 1 saturated heterocycles. The minimum Gasteiger partial charge on any atom is -0.495 e. The van der Waals surface area contributed by atoms with Crippen molar-refractivity contribution in [1.29, 1.82) is 0 Å². The number of fused-ring (bicyclic) bond motifs is 1. The van der Waals surface area contributed by atoms with Crippen molar-refractivity contribution in [2.75, 3.05) is 56.0 Å². The molecule has 2 atom stereocenters. The van der Waals surface area contributed by atoms with Crippen molar-refractivity contribution in [3.8, 4) is 17.6 Å². The van der Waals surface area contributed by atoms with Crippen LogP contribution in [0.15, 0.2) is 47.5 Å². The van der Waals surface area contributed by atoms with E-state index < -0.39 is 40.6 Å². The number of nitrogens with one attached hydrogen (secondary N) is 3. The van der Waals surface area contributed by atoms with Gasteiger partial charge in [-0.1, -0.05) is 12.5 Å². The summed E-state index contributed by atoms with van der Waals surface area (Å²) in [6, 6.07) is 5.10. The minimum atomic E-state index is -4.62. The van der Waals surface area contributed by atoms with Crippen LogP contribution in [0.3, 0.4) is 0 Å². The van der Waals surface area contributed by atoms with Crippen molar-refractivity contribution in [2.24, 2.45) is 0 Å². The van der Waals surface area contributed by atoms with E-state index in [-0.39, 0.29) is 57.7 Å². The molecule has 2 aromatic heterocycles. The van der Waals surface area contributed by atoms with Crippen LogP contribution in [0, 0.1) is 11.8 Å². The monoisotopic (exact) mass is 650 g/mol. The van der Waals surface area contributed by atoms with Crippen LogP contribution in [0.2, 0.25) is 0 Å². The Kier molecular flexibility index (Phi) is 9.98. The van der Waals surface area contributed by atoms with Gasteiger partial charge in [-0.3, -0.25) is 9.20 Å². The van der Waals surface area contributed by atoms with Crippen LogP contribution in [0.4, 0.5) is 34.6 Å². The number of benzene rings is 1. The standard InChI is InChI=1S/C30H34F4N6O4S/c1-18(2)29(41)36-19-13-25(37-22-10-12-39(3)17-21(22)31)28-38-23(26(40(28)16-19)15-30(32,33)34)7-6-11-35-24-9-8-20(45(5,42)43)14-27(24)44-4/h8-9,13-14,16,21-22,35,37H,1,10-12,15,17H2,2-5H3,(H,36,41)/t21-,22+/m0/s1. The highest BCUT2D eigenvalue weighted by molar-refractivity contribution is 7.90. The second kappa shape index (κ2) is 13.4. The lowest BCUT2D eigenvalue weighted by Gasteiger charge is -2.33. The van der Waals surface area contributed by atoms with Crippen molar-refractivity contribution in [3.63, 3.8) is 0 Å². The van der Waals surface area contributed by atoms with Gasteiger partial charge in [0.15, 0.2) is 15.5 Å². The van der Waals surface area contributed by atoms with Crippen LogP contribution in [-0.2, 0) is 21.1 Å². The molecule has 242 valence electrons. The molecule has 15 heteroatoms. The number of carbonyl (C=O) groups excluding carboxylic acids is 1. The second-order valence-corrected chi connectivity index (χ2v) is 12.9. The van der Waals surface area contributed by atoms with Gasteiger partial charge >= 0.3 is 6.18 Å². The van der Waals surface area contributed by atoms with Crippen LogP contribution in [0.1, 0.15) is 24.7 Å². The topological polar surface area (TPSA) is 117 Å². The average molecular weight is 651 g/mol. The summed E-state index contributed by atoms with van der Waals surface area (Å²) in [6.45, 7) is 5.83. The minimum absolute atomic E-state index is 0.0436. The molecule has 0 radical (unpaired) electrons. The van der Waals surface area contributed by atoms with E-state index in [2.05, 4.69) is 39.4 Å². The number of piperidine rings is 1. The van der Waals surface area contributed by atoms with E-state index in [1.165, 1.54) is 48.9 Å². The van der Waals surface area contributed by atoms with E-state index >= 15 is 0 Å². The van der Waals surface area contributed by atoms with Gasteiger partial charge in [0.2, 0.25) is 0 Å². The summed E-state index contributed by atoms with van der Waals surface area (Å²) in [5.74, 6) is 5.17. The zero-order valence-corrected chi connectivity index (χ0v) is 26.0. The molecule has 3 N–H and O–H groups in total. The Morgan fingerprint density at radius 1 is 1.24 bits per heavy atom. The highest BCUT2D eigenvalue weighted by atomic mass is 32.2. The number of nitrogens with zero attached hydrogens (tertiary/aromatic N) is 3. The highest BCUT2D eigenvalue weighted by Gasteiger charge is 2.33. The molecular formula is C30H34F4N6O4S. The quantitative estimate of drug-likeness (QED) is 0.179. The predicted molar refractivity (Wildman–Crippen MR) is 164 cm³/mol. The van der Waals surface area contributed by atoms with Crippen LogP contribution >= 0.6 is 0 Å². The number of amides is 1. The maximum Gasteiger partial charge on any atom is 0.394 e. The van der Waals surface area contributed by atoms with Gasteiger partial charge in [-0.2, -0.15) is 13.2 Å². The van der Waals surface area contributed by atoms with Gasteiger partial charge in [0.1, 0.15) is 17.6 Å². The average Bonchev–Trinajstić information content (AvgIpc) is 3.27. The van der Waals surface area contributed by atoms with Gasteiger partial charge in [-0.05, 0) is 44.5 Å². The molecular weight excluding hydrogens is 616 g/mol. The Bertz CT molecular complexity index is 1780. The van der Waals surface area contributed by atoms with Crippen molar-refractivity contribution in [1.82, 2.24) is 14.3 Å². The van der Waals surface area contributed by atoms with Crippen molar-refractivity contribution < 1.29 is 35.5 Å². The van der Waals surface area contributed by atoms with E-state index in [1.54, 1.807) is 7.05 Å². The molecule has 1 aliphatic rings. The summed E-state index contributed by atoms with van der Waals surface area (Å²) in [6.07, 6.45) is -4.43. The normalized spacial score (nSPS) is 17.3. The summed E-state index contributed by atoms with van der Waals surface area (Å²) in [4.78, 5) is 18.7. The Morgan fingerprint density at radius 3 is 2.60 bits per heavy atom. The fourth-order valence-corrected chi connectivity index (χ4v) is 5.43. The number of carbonyl (C=O) groups is 1. The van der Waals surface area contributed by atoms with Crippen LogP contribution in [0.5, 0.6) is 5.75 Å². The number of aromatic nitrogens is 2. The SMILES string of the molecule is C=C(C)C(=O)Nc1cc(N[C@@H]2CCN(C)C[C@@H]2F)c2nc(C#CCNc3ccc(S(C)(=O)=O)cc3OC)c(CC(F)(F)F)n2c1. The number of halogens is 4. The smallest absolute Gasteiger partial charge is 0.394 e. The molecule has 0 spiro atoms. The third kappa shape index (κ3) is 8.46. The first-order valence-electron chi connectivity index (χ1n) is 13.8. The fourth-order valence-electron chi connectivity index (χ4n) is 4.80. The lowest BCUT2D eigenvalue weighted by molar-refractivity contribution is -0.128. The van der Waals surface area contributed by atoms with Gasteiger partial charge in [-0.25, -0.2) is 17.8 Å². The summed E-state index contributed by atoms with van der Waals surface area (Å²) in [7, 11) is -0.305. The van der Waals surface area contributed by atoms with Gasteiger partial charge in [0, 0.05) is 37.2 Å². The molecule has 0 aliphatic carbocycles. The molecule has 4 rings (SSSR count). The number of methoxy groups -OCH3 is 1. The van der Waals surface area contributed by atoms with E-state index in [9.17, 15) is 30.8 Å². The number of hydrogen-bond acceptors (Lipinski definition) is 8. The third-order valence-electron chi connectivity index (χ3n) is 7.09. The number of sulfone groups is 1. The number of anilines is 3. The van der Waals surface area contributed by atoms with Crippen LogP contribution in [0.25, 0.3) is 5.65 Å². The van der Waals surface area contributed by atoms with Gasteiger partial charge < -0.3 is 25.6 Å². The Labute approximate surface area is 258 Å². The summed E-state index contributed by atoms with van der Waals surface area (Å²) >= 11 is 0. The molecule has 3 heterocycles. The molecule has 3 aromatic rings. The molecule has 1 amide bonds. The molecule has 1 aliphatic heterocycles. The Balaban J connectivity index is 1.73. The maximum absolute atomic E-state index is 15.0. The fraction of sp³-hybridized carbons (Fsp3) is 0.400. The van der Waals surface area contributed by atoms with Crippen molar-refractivity contribution in [3.05, 3.63) is 54.0 Å². The number of pyridine rings is 1. The molecule has 0 saturated carbocycles. The van der Waals surface area contributed by atoms with Crippen molar-refractivity contribution in [2.45, 2.75) is 43.1 Å². The number of rotatable bonds is 9. The lowest BCUT2D eigenvalue weighted by atomic mass is 10.0. The molecule has 10 nitrogen and oxygen atoms in total. The van der Waals surface area contributed by atoms with E-state index in [1.807, 2.05) is 4.90 Å². The molecule has 45 heavy (non-hydrogen) atoms. The first-order chi connectivity index (χ1) is 21.1. The van der Waals surface area contributed by atoms with Gasteiger partial charge in [-0.15, -0.1) is 0 Å². The molecule has 1 fully saturated rings. The Hall–Kier alpha value is -4.29. The van der Waals surface area contributed by atoms with E-state index in [0.29, 0.717) is 18.7 Å². The number of imidazole rings is 1. The number of ether oxygens (including phenoxy) is 1. The zero-order chi connectivity index (χ0) is 33.1. The van der Waals surface area contributed by atoms with E-state index in [4.69, 9.17) is 4.74 Å². The molecule has 0 bridgehead atoms. The number of hydrogen-bond donors (Lipinski definition) is 3. The first kappa shape index (κ1) is 33.6. The van der Waals surface area contributed by atoms with Crippen molar-refractivity contribution >= 4 is 38.5 Å². The highest BCUT2D eigenvalue weighted by Crippen LogP contribution is 2.31. The second-order valence-electron chi connectivity index (χ2n) is 10.9. The maximum atomic E-state index is 15.0.